The van der Waals surface area contributed by atoms with Crippen molar-refractivity contribution in [3.05, 3.63) is 0 Å². The molecule has 120 valence electrons. The van der Waals surface area contributed by atoms with E-state index in [0.717, 1.165) is 12.5 Å². The van der Waals surface area contributed by atoms with Gasteiger partial charge in [-0.25, -0.2) is 0 Å². The molecule has 0 bridgehead atoms. The molecule has 1 heterocycles. The standard InChI is InChI=1S/C18H38N2/c1-8-11-15(4)13-20-14-18(9-2,10-3)19-12-16(20)17(5,6)7/h15-16,19H,8-14H2,1-7H3. The summed E-state index contributed by atoms with van der Waals surface area (Å²) in [7, 11) is 0. The van der Waals surface area contributed by atoms with Gasteiger partial charge in [0.15, 0.2) is 0 Å². The van der Waals surface area contributed by atoms with Gasteiger partial charge in [0.25, 0.3) is 0 Å². The van der Waals surface area contributed by atoms with Crippen molar-refractivity contribution in [2.24, 2.45) is 11.3 Å². The van der Waals surface area contributed by atoms with Crippen LogP contribution in [0.1, 0.15) is 74.1 Å². The maximum atomic E-state index is 3.88. The van der Waals surface area contributed by atoms with Crippen LogP contribution in [0.2, 0.25) is 0 Å². The van der Waals surface area contributed by atoms with Crippen molar-refractivity contribution < 1.29 is 0 Å². The van der Waals surface area contributed by atoms with Crippen LogP contribution in [0.15, 0.2) is 0 Å². The van der Waals surface area contributed by atoms with Gasteiger partial charge in [0.05, 0.1) is 0 Å². The van der Waals surface area contributed by atoms with Crippen molar-refractivity contribution in [3.63, 3.8) is 0 Å². The average molecular weight is 283 g/mol. The lowest BCUT2D eigenvalue weighted by Crippen LogP contribution is -2.67. The summed E-state index contributed by atoms with van der Waals surface area (Å²) in [6, 6.07) is 0.660. The third-order valence-corrected chi connectivity index (χ3v) is 5.30. The fourth-order valence-corrected chi connectivity index (χ4v) is 3.75. The van der Waals surface area contributed by atoms with Gasteiger partial charge >= 0.3 is 0 Å². The minimum atomic E-state index is 0.341. The summed E-state index contributed by atoms with van der Waals surface area (Å²) in [4.78, 5) is 2.80. The smallest absolute Gasteiger partial charge is 0.0304 e. The average Bonchev–Trinajstić information content (AvgIpc) is 2.37. The Morgan fingerprint density at radius 1 is 1.20 bits per heavy atom. The topological polar surface area (TPSA) is 15.3 Å². The largest absolute Gasteiger partial charge is 0.308 e. The zero-order valence-corrected chi connectivity index (χ0v) is 15.1. The quantitative estimate of drug-likeness (QED) is 0.781. The van der Waals surface area contributed by atoms with E-state index >= 15 is 0 Å². The zero-order valence-electron chi connectivity index (χ0n) is 15.1. The molecule has 0 radical (unpaired) electrons. The first kappa shape index (κ1) is 18.0. The number of hydrogen-bond donors (Lipinski definition) is 1. The second kappa shape index (κ2) is 7.26. The molecule has 2 unspecified atom stereocenters. The van der Waals surface area contributed by atoms with Crippen molar-refractivity contribution >= 4 is 0 Å². The van der Waals surface area contributed by atoms with E-state index in [1.54, 1.807) is 0 Å². The third-order valence-electron chi connectivity index (χ3n) is 5.30. The summed E-state index contributed by atoms with van der Waals surface area (Å²) in [6.45, 7) is 20.2. The monoisotopic (exact) mass is 282 g/mol. The molecule has 0 aromatic rings. The predicted molar refractivity (Wildman–Crippen MR) is 90.2 cm³/mol. The summed E-state index contributed by atoms with van der Waals surface area (Å²) in [6.07, 6.45) is 5.13. The first-order valence-corrected chi connectivity index (χ1v) is 8.77. The van der Waals surface area contributed by atoms with Crippen LogP contribution in [-0.4, -0.2) is 36.1 Å². The van der Waals surface area contributed by atoms with E-state index < -0.39 is 0 Å². The molecule has 0 spiro atoms. The van der Waals surface area contributed by atoms with Gasteiger partial charge in [-0.05, 0) is 30.6 Å². The van der Waals surface area contributed by atoms with E-state index in [-0.39, 0.29) is 0 Å². The molecule has 0 saturated carbocycles. The molecule has 1 rings (SSSR count). The van der Waals surface area contributed by atoms with Crippen LogP contribution in [0, 0.1) is 11.3 Å². The van der Waals surface area contributed by atoms with Crippen molar-refractivity contribution in [3.8, 4) is 0 Å². The molecule has 1 saturated heterocycles. The predicted octanol–water partition coefficient (Wildman–Crippen LogP) is 4.30. The minimum absolute atomic E-state index is 0.341. The van der Waals surface area contributed by atoms with Gasteiger partial charge in [0.1, 0.15) is 0 Å². The number of nitrogens with one attached hydrogen (secondary N) is 1. The number of nitrogens with zero attached hydrogens (tertiary/aromatic N) is 1. The van der Waals surface area contributed by atoms with Gasteiger partial charge in [0.2, 0.25) is 0 Å². The van der Waals surface area contributed by atoms with Crippen molar-refractivity contribution in [1.29, 1.82) is 0 Å². The molecule has 20 heavy (non-hydrogen) atoms. The molecule has 1 aliphatic rings. The van der Waals surface area contributed by atoms with E-state index in [1.807, 2.05) is 0 Å². The second-order valence-electron chi connectivity index (χ2n) is 8.07. The Morgan fingerprint density at radius 3 is 2.25 bits per heavy atom. The number of piperazine rings is 1. The highest BCUT2D eigenvalue weighted by molar-refractivity contribution is 5.00. The zero-order chi connectivity index (χ0) is 15.4. The second-order valence-corrected chi connectivity index (χ2v) is 8.07. The molecule has 2 heteroatoms. The van der Waals surface area contributed by atoms with Gasteiger partial charge in [-0.2, -0.15) is 0 Å². The maximum Gasteiger partial charge on any atom is 0.0304 e. The molecule has 0 amide bonds. The number of rotatable bonds is 6. The van der Waals surface area contributed by atoms with E-state index in [0.29, 0.717) is 17.0 Å². The van der Waals surface area contributed by atoms with E-state index in [2.05, 4.69) is 58.7 Å². The third kappa shape index (κ3) is 4.46. The van der Waals surface area contributed by atoms with Crippen LogP contribution < -0.4 is 5.32 Å². The Labute approximate surface area is 127 Å². The number of hydrogen-bond acceptors (Lipinski definition) is 2. The Hall–Kier alpha value is -0.0800. The Kier molecular flexibility index (Phi) is 6.53. The van der Waals surface area contributed by atoms with Crippen molar-refractivity contribution in [2.75, 3.05) is 19.6 Å². The van der Waals surface area contributed by atoms with Gasteiger partial charge in [-0.15, -0.1) is 0 Å². The molecule has 0 aromatic carbocycles. The Balaban J connectivity index is 2.83. The Morgan fingerprint density at radius 2 is 1.80 bits per heavy atom. The normalized spacial score (nSPS) is 25.6. The molecule has 0 aromatic heterocycles. The van der Waals surface area contributed by atoms with Crippen LogP contribution in [0.4, 0.5) is 0 Å². The molecule has 2 atom stereocenters. The van der Waals surface area contributed by atoms with Gasteiger partial charge in [0, 0.05) is 31.2 Å². The summed E-state index contributed by atoms with van der Waals surface area (Å²) in [5, 5.41) is 3.88. The molecular formula is C18H38N2. The highest BCUT2D eigenvalue weighted by atomic mass is 15.3. The summed E-state index contributed by atoms with van der Waals surface area (Å²) < 4.78 is 0. The van der Waals surface area contributed by atoms with Gasteiger partial charge in [-0.3, -0.25) is 4.90 Å². The fraction of sp³-hybridized carbons (Fsp3) is 1.00. The van der Waals surface area contributed by atoms with Gasteiger partial charge in [-0.1, -0.05) is 54.9 Å². The summed E-state index contributed by atoms with van der Waals surface area (Å²) in [5.41, 5.74) is 0.695. The van der Waals surface area contributed by atoms with E-state index in [4.69, 9.17) is 0 Å². The van der Waals surface area contributed by atoms with Crippen LogP contribution in [0.25, 0.3) is 0 Å². The summed E-state index contributed by atoms with van der Waals surface area (Å²) in [5.74, 6) is 0.814. The van der Waals surface area contributed by atoms with E-state index in [1.165, 1.54) is 38.8 Å². The molecule has 2 nitrogen and oxygen atoms in total. The van der Waals surface area contributed by atoms with Crippen molar-refractivity contribution in [1.82, 2.24) is 10.2 Å². The summed E-state index contributed by atoms with van der Waals surface area (Å²) >= 11 is 0. The fourth-order valence-electron chi connectivity index (χ4n) is 3.75. The molecule has 1 aliphatic heterocycles. The lowest BCUT2D eigenvalue weighted by molar-refractivity contribution is 0.00935. The molecule has 1 fully saturated rings. The minimum Gasteiger partial charge on any atom is -0.308 e. The molecule has 1 N–H and O–H groups in total. The first-order valence-electron chi connectivity index (χ1n) is 8.77. The van der Waals surface area contributed by atoms with Crippen molar-refractivity contribution in [2.45, 2.75) is 85.7 Å². The Bertz CT molecular complexity index is 276. The SMILES string of the molecule is CCCC(C)CN1CC(CC)(CC)NCC1C(C)(C)C. The van der Waals surface area contributed by atoms with Crippen LogP contribution in [0.3, 0.4) is 0 Å². The molecule has 0 aliphatic carbocycles. The van der Waals surface area contributed by atoms with E-state index in [9.17, 15) is 0 Å². The highest BCUT2D eigenvalue weighted by Crippen LogP contribution is 2.32. The van der Waals surface area contributed by atoms with Crippen LogP contribution >= 0.6 is 0 Å². The van der Waals surface area contributed by atoms with Crippen LogP contribution in [0.5, 0.6) is 0 Å². The highest BCUT2D eigenvalue weighted by Gasteiger charge is 2.41. The van der Waals surface area contributed by atoms with Gasteiger partial charge < -0.3 is 5.32 Å². The lowest BCUT2D eigenvalue weighted by atomic mass is 9.79. The maximum absolute atomic E-state index is 3.88. The molecular weight excluding hydrogens is 244 g/mol. The van der Waals surface area contributed by atoms with Crippen LogP contribution in [-0.2, 0) is 0 Å². The lowest BCUT2D eigenvalue weighted by Gasteiger charge is -2.52. The first-order chi connectivity index (χ1) is 9.28.